The Morgan fingerprint density at radius 3 is 2.25 bits per heavy atom. The third kappa shape index (κ3) is 5.50. The molecule has 6 heteroatoms. The maximum Gasteiger partial charge on any atom is 0.288 e. The van der Waals surface area contributed by atoms with Gasteiger partial charge >= 0.3 is 0 Å². The number of aliphatic hydroxyl groups excluding tert-OH is 1. The minimum atomic E-state index is -0.0613. The van der Waals surface area contributed by atoms with Gasteiger partial charge in [0.2, 0.25) is 5.76 Å². The molecular weight excluding hydrogens is 459 g/mol. The second-order valence-electron chi connectivity index (χ2n) is 8.84. The van der Waals surface area contributed by atoms with E-state index in [0.717, 1.165) is 16.8 Å². The number of pyridine rings is 1. The van der Waals surface area contributed by atoms with Crippen LogP contribution in [0, 0.1) is 13.8 Å². The Balaban J connectivity index is 2.16. The van der Waals surface area contributed by atoms with E-state index >= 15 is 0 Å². The summed E-state index contributed by atoms with van der Waals surface area (Å²) in [4.78, 5) is 0.362. The first-order chi connectivity index (χ1) is 15.0. The van der Waals surface area contributed by atoms with Gasteiger partial charge in [0.25, 0.3) is 5.70 Å². The average Bonchev–Trinajstić information content (AvgIpc) is 2.72. The highest BCUT2D eigenvalue weighted by Crippen LogP contribution is 2.29. The van der Waals surface area contributed by atoms with Crippen LogP contribution in [0.3, 0.4) is 0 Å². The van der Waals surface area contributed by atoms with Crippen molar-refractivity contribution < 1.29 is 9.67 Å². The van der Waals surface area contributed by atoms with E-state index in [4.69, 9.17) is 35.4 Å². The molecule has 0 saturated carbocycles. The molecule has 1 heterocycles. The number of benzene rings is 2. The van der Waals surface area contributed by atoms with Gasteiger partial charge < -0.3 is 10.4 Å². The van der Waals surface area contributed by atoms with Crippen LogP contribution in [0.2, 0.25) is 10.0 Å². The summed E-state index contributed by atoms with van der Waals surface area (Å²) in [6.45, 7) is 10.5. The second-order valence-corrected chi connectivity index (χ2v) is 10.1. The van der Waals surface area contributed by atoms with Gasteiger partial charge in [-0.05, 0) is 60.2 Å². The smallest absolute Gasteiger partial charge is 0.288 e. The van der Waals surface area contributed by atoms with Gasteiger partial charge in [-0.1, -0.05) is 68.3 Å². The number of halogens is 2. The number of hydrogen-bond donors (Lipinski definition) is 2. The van der Waals surface area contributed by atoms with Crippen molar-refractivity contribution >= 4 is 57.6 Å². The standard InChI is InChI=1S/C26H26Cl2N2OS/c1-16-6-7-17(2)22(14-16)29-25(32)23(24(31)20-15-19(27)8-9-21(20)28)30-12-10-18(11-13-30)26(3,4)5/h6-15H,1-5H3,(H-,29,31,32)/p+1. The summed E-state index contributed by atoms with van der Waals surface area (Å²) in [7, 11) is 0. The number of aromatic nitrogens is 1. The first-order valence-corrected chi connectivity index (χ1v) is 11.4. The van der Waals surface area contributed by atoms with Crippen LogP contribution in [0.5, 0.6) is 0 Å². The third-order valence-electron chi connectivity index (χ3n) is 5.22. The molecule has 0 aliphatic rings. The Labute approximate surface area is 205 Å². The Bertz CT molecular complexity index is 1200. The summed E-state index contributed by atoms with van der Waals surface area (Å²) in [5, 5.41) is 15.5. The maximum atomic E-state index is 11.3. The topological polar surface area (TPSA) is 36.1 Å². The Morgan fingerprint density at radius 2 is 1.62 bits per heavy atom. The van der Waals surface area contributed by atoms with E-state index in [9.17, 15) is 5.11 Å². The third-order valence-corrected chi connectivity index (χ3v) is 6.08. The number of nitrogens with zero attached hydrogens (tertiary/aromatic N) is 1. The average molecular weight is 486 g/mol. The zero-order valence-electron chi connectivity index (χ0n) is 18.8. The zero-order valence-corrected chi connectivity index (χ0v) is 21.2. The molecule has 0 spiro atoms. The fourth-order valence-electron chi connectivity index (χ4n) is 3.28. The van der Waals surface area contributed by atoms with Crippen LogP contribution in [0.1, 0.15) is 43.0 Å². The fraction of sp³-hybridized carbons (Fsp3) is 0.231. The van der Waals surface area contributed by atoms with Crippen molar-refractivity contribution in [3.05, 3.63) is 93.2 Å². The van der Waals surface area contributed by atoms with Crippen molar-refractivity contribution in [1.82, 2.24) is 0 Å². The first-order valence-electron chi connectivity index (χ1n) is 10.3. The molecule has 1 aromatic heterocycles. The lowest BCUT2D eigenvalue weighted by Gasteiger charge is -2.18. The lowest BCUT2D eigenvalue weighted by molar-refractivity contribution is -0.575. The summed E-state index contributed by atoms with van der Waals surface area (Å²) >= 11 is 18.4. The van der Waals surface area contributed by atoms with Crippen LogP contribution >= 0.6 is 35.4 Å². The van der Waals surface area contributed by atoms with Gasteiger partial charge in [-0.25, -0.2) is 0 Å². The van der Waals surface area contributed by atoms with Crippen molar-refractivity contribution in [2.24, 2.45) is 0 Å². The molecule has 0 atom stereocenters. The van der Waals surface area contributed by atoms with E-state index in [1.54, 1.807) is 22.8 Å². The molecule has 0 bridgehead atoms. The molecule has 2 aromatic carbocycles. The molecule has 0 radical (unpaired) electrons. The molecule has 0 aliphatic heterocycles. The largest absolute Gasteiger partial charge is 0.502 e. The summed E-state index contributed by atoms with van der Waals surface area (Å²) in [5.74, 6) is -0.0613. The molecule has 0 aliphatic carbocycles. The number of aliphatic hydroxyl groups is 1. The van der Waals surface area contributed by atoms with Crippen molar-refractivity contribution in [3.8, 4) is 0 Å². The van der Waals surface area contributed by atoms with E-state index in [0.29, 0.717) is 26.3 Å². The van der Waals surface area contributed by atoms with Gasteiger partial charge in [0.15, 0.2) is 17.4 Å². The molecule has 2 N–H and O–H groups in total. The predicted molar refractivity (Wildman–Crippen MR) is 140 cm³/mol. The van der Waals surface area contributed by atoms with Crippen LogP contribution in [-0.4, -0.2) is 10.1 Å². The maximum absolute atomic E-state index is 11.3. The molecule has 32 heavy (non-hydrogen) atoms. The van der Waals surface area contributed by atoms with Gasteiger partial charge in [-0.2, -0.15) is 4.57 Å². The van der Waals surface area contributed by atoms with Gasteiger partial charge in [0.05, 0.1) is 5.02 Å². The first kappa shape index (κ1) is 24.2. The molecule has 0 unspecified atom stereocenters. The summed E-state index contributed by atoms with van der Waals surface area (Å²) in [6.07, 6.45) is 3.78. The highest BCUT2D eigenvalue weighted by molar-refractivity contribution is 7.81. The van der Waals surface area contributed by atoms with Crippen LogP contribution in [0.4, 0.5) is 5.69 Å². The minimum absolute atomic E-state index is 0.00128. The molecule has 0 amide bonds. The number of hydrogen-bond acceptors (Lipinski definition) is 2. The van der Waals surface area contributed by atoms with Crippen molar-refractivity contribution in [2.45, 2.75) is 40.0 Å². The molecule has 166 valence electrons. The lowest BCUT2D eigenvalue weighted by Crippen LogP contribution is -2.39. The van der Waals surface area contributed by atoms with Crippen molar-refractivity contribution in [3.63, 3.8) is 0 Å². The van der Waals surface area contributed by atoms with Crippen LogP contribution < -0.4 is 9.88 Å². The van der Waals surface area contributed by atoms with Gasteiger partial charge in [-0.3, -0.25) is 0 Å². The van der Waals surface area contributed by atoms with Crippen LogP contribution in [0.15, 0.2) is 60.9 Å². The van der Waals surface area contributed by atoms with E-state index in [2.05, 4.69) is 26.1 Å². The predicted octanol–water partition coefficient (Wildman–Crippen LogP) is 7.52. The molecule has 0 saturated heterocycles. The Kier molecular flexibility index (Phi) is 7.29. The number of thiocarbonyl (C=S) groups is 1. The number of nitrogens with one attached hydrogen (secondary N) is 1. The zero-order chi connectivity index (χ0) is 23.6. The van der Waals surface area contributed by atoms with E-state index in [-0.39, 0.29) is 11.2 Å². The summed E-state index contributed by atoms with van der Waals surface area (Å²) in [5.41, 5.74) is 5.02. The van der Waals surface area contributed by atoms with Gasteiger partial charge in [0, 0.05) is 28.4 Å². The number of aryl methyl sites for hydroxylation is 2. The number of anilines is 1. The summed E-state index contributed by atoms with van der Waals surface area (Å²) < 4.78 is 1.79. The Hall–Kier alpha value is -2.40. The quantitative estimate of drug-likeness (QED) is 0.173. The van der Waals surface area contributed by atoms with Gasteiger partial charge in [-0.15, -0.1) is 0 Å². The normalized spacial score (nSPS) is 12.3. The van der Waals surface area contributed by atoms with E-state index in [1.165, 1.54) is 5.56 Å². The Morgan fingerprint density at radius 1 is 0.969 bits per heavy atom. The fourth-order valence-corrected chi connectivity index (χ4v) is 3.97. The van der Waals surface area contributed by atoms with Crippen LogP contribution in [0.25, 0.3) is 11.5 Å². The van der Waals surface area contributed by atoms with E-state index in [1.807, 2.05) is 56.6 Å². The number of rotatable bonds is 4. The lowest BCUT2D eigenvalue weighted by atomic mass is 9.88. The molecule has 3 rings (SSSR count). The second kappa shape index (κ2) is 9.62. The minimum Gasteiger partial charge on any atom is -0.502 e. The molecule has 0 fully saturated rings. The molecular formula is C26H27Cl2N2OS+. The molecule has 3 nitrogen and oxygen atoms in total. The van der Waals surface area contributed by atoms with E-state index < -0.39 is 0 Å². The monoisotopic (exact) mass is 485 g/mol. The van der Waals surface area contributed by atoms with Crippen molar-refractivity contribution in [2.75, 3.05) is 5.32 Å². The van der Waals surface area contributed by atoms with Gasteiger partial charge in [0.1, 0.15) is 0 Å². The van der Waals surface area contributed by atoms with Crippen molar-refractivity contribution in [1.29, 1.82) is 0 Å². The van der Waals surface area contributed by atoms with Crippen LogP contribution in [-0.2, 0) is 5.41 Å². The highest BCUT2D eigenvalue weighted by atomic mass is 35.5. The highest BCUT2D eigenvalue weighted by Gasteiger charge is 2.26. The molecule has 3 aromatic rings. The SMILES string of the molecule is Cc1ccc(C)c(NC(=S)/C(=C(/O)c2cc(Cl)ccc2Cl)[n+]2ccc(C(C)(C)C)cc2)c1. The summed E-state index contributed by atoms with van der Waals surface area (Å²) in [6, 6.07) is 15.1.